The van der Waals surface area contributed by atoms with E-state index in [0.717, 1.165) is 36.1 Å². The summed E-state index contributed by atoms with van der Waals surface area (Å²) >= 11 is 3.54. The van der Waals surface area contributed by atoms with Gasteiger partial charge in [-0.15, -0.1) is 13.2 Å². The van der Waals surface area contributed by atoms with Crippen LogP contribution >= 0.6 is 15.9 Å². The molecule has 1 aliphatic heterocycles. The van der Waals surface area contributed by atoms with Crippen molar-refractivity contribution >= 4 is 15.9 Å². The fourth-order valence-corrected chi connectivity index (χ4v) is 2.95. The van der Waals surface area contributed by atoms with Crippen LogP contribution in [0.15, 0.2) is 48.0 Å². The summed E-state index contributed by atoms with van der Waals surface area (Å²) in [5.41, 5.74) is 1.39. The van der Waals surface area contributed by atoms with E-state index in [9.17, 15) is 0 Å². The summed E-state index contributed by atoms with van der Waals surface area (Å²) < 4.78 is 6.83. The molecule has 1 heterocycles. The number of hydrogen-bond acceptors (Lipinski definition) is 1. The van der Waals surface area contributed by atoms with E-state index in [1.807, 2.05) is 24.3 Å². The third kappa shape index (κ3) is 2.32. The van der Waals surface area contributed by atoms with E-state index >= 15 is 0 Å². The van der Waals surface area contributed by atoms with Crippen LogP contribution in [0, 0.1) is 0 Å². The van der Waals surface area contributed by atoms with Gasteiger partial charge in [-0.1, -0.05) is 28.1 Å². The van der Waals surface area contributed by atoms with Crippen LogP contribution in [-0.2, 0) is 5.41 Å². The highest BCUT2D eigenvalue weighted by Gasteiger charge is 2.35. The number of fused-ring (bicyclic) bond motifs is 1. The molecule has 0 N–H and O–H groups in total. The largest absolute Gasteiger partial charge is 0.493 e. The molecule has 0 atom stereocenters. The zero-order chi connectivity index (χ0) is 12.3. The van der Waals surface area contributed by atoms with Crippen molar-refractivity contribution in [2.45, 2.75) is 24.7 Å². The van der Waals surface area contributed by atoms with Crippen LogP contribution in [0.1, 0.15) is 24.8 Å². The summed E-state index contributed by atoms with van der Waals surface area (Å²) in [4.78, 5) is 0. The van der Waals surface area contributed by atoms with Gasteiger partial charge in [-0.2, -0.15) is 0 Å². The van der Waals surface area contributed by atoms with Gasteiger partial charge >= 0.3 is 0 Å². The molecule has 2 rings (SSSR count). The van der Waals surface area contributed by atoms with Gasteiger partial charge < -0.3 is 4.74 Å². The lowest BCUT2D eigenvalue weighted by atomic mass is 9.71. The molecule has 0 unspecified atom stereocenters. The van der Waals surface area contributed by atoms with Crippen molar-refractivity contribution < 1.29 is 4.74 Å². The van der Waals surface area contributed by atoms with Crippen LogP contribution in [0.5, 0.6) is 5.75 Å². The Morgan fingerprint density at radius 3 is 2.65 bits per heavy atom. The van der Waals surface area contributed by atoms with Gasteiger partial charge in [0, 0.05) is 15.5 Å². The fraction of sp³-hybridized carbons (Fsp3) is 0.333. The quantitative estimate of drug-likeness (QED) is 0.736. The van der Waals surface area contributed by atoms with Gasteiger partial charge in [0.05, 0.1) is 6.61 Å². The molecule has 90 valence electrons. The number of ether oxygens (including phenoxy) is 1. The summed E-state index contributed by atoms with van der Waals surface area (Å²) in [7, 11) is 0. The van der Waals surface area contributed by atoms with Gasteiger partial charge in [-0.05, 0) is 37.5 Å². The Morgan fingerprint density at radius 1 is 1.29 bits per heavy atom. The molecule has 0 aliphatic carbocycles. The smallest absolute Gasteiger partial charge is 0.123 e. The molecular formula is C15H17BrO. The lowest BCUT2D eigenvalue weighted by molar-refractivity contribution is 0.214. The summed E-state index contributed by atoms with van der Waals surface area (Å²) in [6, 6.07) is 6.23. The topological polar surface area (TPSA) is 9.23 Å². The molecule has 0 radical (unpaired) electrons. The Hall–Kier alpha value is -1.02. The molecule has 0 aromatic heterocycles. The highest BCUT2D eigenvalue weighted by Crippen LogP contribution is 2.45. The normalized spacial score (nSPS) is 16.8. The molecular weight excluding hydrogens is 276 g/mol. The second-order valence-electron chi connectivity index (χ2n) is 4.50. The second kappa shape index (κ2) is 5.09. The zero-order valence-corrected chi connectivity index (χ0v) is 11.5. The average molecular weight is 293 g/mol. The molecule has 0 spiro atoms. The first-order valence-corrected chi connectivity index (χ1v) is 6.66. The SMILES string of the molecule is C=CCC1(CC=C)CCOc2ccc(Br)cc21. The Kier molecular flexibility index (Phi) is 3.72. The van der Waals surface area contributed by atoms with Crippen molar-refractivity contribution in [2.24, 2.45) is 0 Å². The van der Waals surface area contributed by atoms with Crippen LogP contribution < -0.4 is 4.74 Å². The average Bonchev–Trinajstić information content (AvgIpc) is 2.31. The Morgan fingerprint density at radius 2 is 2.00 bits per heavy atom. The van der Waals surface area contributed by atoms with Crippen molar-refractivity contribution in [1.29, 1.82) is 0 Å². The first kappa shape index (κ1) is 12.4. The number of allylic oxidation sites excluding steroid dienone is 2. The predicted molar refractivity (Wildman–Crippen MR) is 75.6 cm³/mol. The van der Waals surface area contributed by atoms with E-state index in [0.29, 0.717) is 0 Å². The van der Waals surface area contributed by atoms with Crippen molar-refractivity contribution in [3.05, 3.63) is 53.5 Å². The van der Waals surface area contributed by atoms with Crippen molar-refractivity contribution in [3.8, 4) is 5.75 Å². The van der Waals surface area contributed by atoms with Gasteiger partial charge in [0.25, 0.3) is 0 Å². The maximum Gasteiger partial charge on any atom is 0.123 e. The van der Waals surface area contributed by atoms with E-state index in [1.54, 1.807) is 0 Å². The van der Waals surface area contributed by atoms with Gasteiger partial charge in [0.1, 0.15) is 5.75 Å². The summed E-state index contributed by atoms with van der Waals surface area (Å²) in [5.74, 6) is 1.00. The highest BCUT2D eigenvalue weighted by molar-refractivity contribution is 9.10. The maximum atomic E-state index is 5.74. The summed E-state index contributed by atoms with van der Waals surface area (Å²) in [6.07, 6.45) is 6.95. The molecule has 0 fully saturated rings. The Bertz CT molecular complexity index is 427. The number of halogens is 1. The monoisotopic (exact) mass is 292 g/mol. The molecule has 0 amide bonds. The number of benzene rings is 1. The predicted octanol–water partition coefficient (Wildman–Crippen LogP) is 4.62. The van der Waals surface area contributed by atoms with Gasteiger partial charge in [0.2, 0.25) is 0 Å². The number of hydrogen-bond donors (Lipinski definition) is 0. The molecule has 0 saturated carbocycles. The molecule has 17 heavy (non-hydrogen) atoms. The molecule has 2 heteroatoms. The summed E-state index contributed by atoms with van der Waals surface area (Å²) in [5, 5.41) is 0. The van der Waals surface area contributed by atoms with Crippen molar-refractivity contribution in [2.75, 3.05) is 6.61 Å². The minimum absolute atomic E-state index is 0.112. The fourth-order valence-electron chi connectivity index (χ4n) is 2.59. The van der Waals surface area contributed by atoms with Gasteiger partial charge in [-0.3, -0.25) is 0 Å². The first-order valence-electron chi connectivity index (χ1n) is 5.86. The second-order valence-corrected chi connectivity index (χ2v) is 5.42. The van der Waals surface area contributed by atoms with E-state index in [-0.39, 0.29) is 5.41 Å². The van der Waals surface area contributed by atoms with Crippen LogP contribution in [0.2, 0.25) is 0 Å². The molecule has 1 nitrogen and oxygen atoms in total. The van der Waals surface area contributed by atoms with Crippen molar-refractivity contribution in [1.82, 2.24) is 0 Å². The number of rotatable bonds is 4. The lowest BCUT2D eigenvalue weighted by Gasteiger charge is -2.38. The van der Waals surface area contributed by atoms with Crippen LogP contribution in [0.4, 0.5) is 0 Å². The van der Waals surface area contributed by atoms with E-state index in [2.05, 4.69) is 35.2 Å². The van der Waals surface area contributed by atoms with Crippen LogP contribution in [0.3, 0.4) is 0 Å². The minimum Gasteiger partial charge on any atom is -0.493 e. The molecule has 0 bridgehead atoms. The Balaban J connectivity index is 2.52. The lowest BCUT2D eigenvalue weighted by Crippen LogP contribution is -2.32. The maximum absolute atomic E-state index is 5.74. The minimum atomic E-state index is 0.112. The van der Waals surface area contributed by atoms with E-state index in [4.69, 9.17) is 4.74 Å². The van der Waals surface area contributed by atoms with Crippen LogP contribution in [0.25, 0.3) is 0 Å². The van der Waals surface area contributed by atoms with E-state index in [1.165, 1.54) is 5.56 Å². The summed E-state index contributed by atoms with van der Waals surface area (Å²) in [6.45, 7) is 8.56. The highest BCUT2D eigenvalue weighted by atomic mass is 79.9. The van der Waals surface area contributed by atoms with Crippen LogP contribution in [-0.4, -0.2) is 6.61 Å². The Labute approximate surface area is 111 Å². The zero-order valence-electron chi connectivity index (χ0n) is 9.92. The first-order chi connectivity index (χ1) is 8.22. The third-order valence-electron chi connectivity index (χ3n) is 3.42. The van der Waals surface area contributed by atoms with Crippen molar-refractivity contribution in [3.63, 3.8) is 0 Å². The third-order valence-corrected chi connectivity index (χ3v) is 3.91. The molecule has 1 aromatic rings. The molecule has 1 aromatic carbocycles. The standard InChI is InChI=1S/C15H17BrO/c1-3-7-15(8-4-2)9-10-17-14-6-5-12(16)11-13(14)15/h3-6,11H,1-2,7-10H2. The van der Waals surface area contributed by atoms with Gasteiger partial charge in [-0.25, -0.2) is 0 Å². The van der Waals surface area contributed by atoms with E-state index < -0.39 is 0 Å². The molecule has 1 aliphatic rings. The van der Waals surface area contributed by atoms with Gasteiger partial charge in [0.15, 0.2) is 0 Å². The molecule has 0 saturated heterocycles.